The van der Waals surface area contributed by atoms with E-state index in [1.807, 2.05) is 0 Å². The maximum Gasteiger partial charge on any atom is 0.306 e. The van der Waals surface area contributed by atoms with Gasteiger partial charge in [0.05, 0.1) is 0 Å². The van der Waals surface area contributed by atoms with E-state index in [9.17, 15) is 4.79 Å². The van der Waals surface area contributed by atoms with E-state index in [-0.39, 0.29) is 12.1 Å². The minimum absolute atomic E-state index is 0.0455. The molecule has 0 spiro atoms. The van der Waals surface area contributed by atoms with Gasteiger partial charge in [-0.05, 0) is 148 Å². The summed E-state index contributed by atoms with van der Waals surface area (Å²) in [6.07, 6.45) is 27.4. The van der Waals surface area contributed by atoms with Crippen LogP contribution in [-0.4, -0.2) is 12.1 Å². The van der Waals surface area contributed by atoms with Crippen LogP contribution in [0.15, 0.2) is 66.2 Å². The van der Waals surface area contributed by atoms with Crippen LogP contribution in [0.2, 0.25) is 0 Å². The van der Waals surface area contributed by atoms with Gasteiger partial charge >= 0.3 is 5.97 Å². The van der Waals surface area contributed by atoms with Gasteiger partial charge in [-0.2, -0.15) is 0 Å². The summed E-state index contributed by atoms with van der Waals surface area (Å²) in [5.74, 6) is 5.25. The third-order valence-corrected chi connectivity index (χ3v) is 16.5. The molecular weight excluding hydrogens is 669 g/mol. The molecule has 0 N–H and O–H groups in total. The molecule has 4 aromatic carbocycles. The third kappa shape index (κ3) is 7.76. The lowest BCUT2D eigenvalue weighted by atomic mass is 9.47. The highest BCUT2D eigenvalue weighted by Gasteiger charge is 2.59. The van der Waals surface area contributed by atoms with Gasteiger partial charge in [0, 0.05) is 12.8 Å². The lowest BCUT2D eigenvalue weighted by Gasteiger charge is -2.58. The van der Waals surface area contributed by atoms with Gasteiger partial charge in [0.2, 0.25) is 0 Å². The van der Waals surface area contributed by atoms with E-state index in [0.717, 1.165) is 67.6 Å². The summed E-state index contributed by atoms with van der Waals surface area (Å²) in [4.78, 5) is 13.0. The zero-order valence-corrected chi connectivity index (χ0v) is 35.3. The zero-order chi connectivity index (χ0) is 38.2. The van der Waals surface area contributed by atoms with Gasteiger partial charge in [-0.3, -0.25) is 4.79 Å². The molecule has 0 bridgehead atoms. The Morgan fingerprint density at radius 3 is 2.22 bits per heavy atom. The Morgan fingerprint density at radius 2 is 1.44 bits per heavy atom. The molecule has 296 valence electrons. The number of rotatable bonds is 16. The first-order chi connectivity index (χ1) is 26.7. The summed E-state index contributed by atoms with van der Waals surface area (Å²) in [6, 6.07) is 20.6. The number of allylic oxidation sites excluding steroid dienone is 1. The fraction of sp³-hybridized carbons (Fsp3) is 0.642. The number of ether oxygens (including phenoxy) is 1. The Kier molecular flexibility index (Phi) is 11.7. The van der Waals surface area contributed by atoms with E-state index in [1.54, 1.807) is 5.57 Å². The molecule has 8 rings (SSSR count). The average molecular weight is 741 g/mol. The number of aryl methyl sites for hydroxylation is 1. The van der Waals surface area contributed by atoms with Crippen molar-refractivity contribution < 1.29 is 9.53 Å². The van der Waals surface area contributed by atoms with Crippen LogP contribution in [0.25, 0.3) is 32.3 Å². The molecule has 4 aromatic rings. The number of esters is 1. The molecule has 8 atom stereocenters. The van der Waals surface area contributed by atoms with Crippen LogP contribution in [0.4, 0.5) is 0 Å². The molecule has 0 saturated heterocycles. The Bertz CT molecular complexity index is 1930. The van der Waals surface area contributed by atoms with Crippen molar-refractivity contribution in [2.75, 3.05) is 0 Å². The van der Waals surface area contributed by atoms with Gasteiger partial charge in [0.15, 0.2) is 0 Å². The second-order valence-electron chi connectivity index (χ2n) is 20.2. The third-order valence-electron chi connectivity index (χ3n) is 16.5. The molecule has 4 aliphatic carbocycles. The van der Waals surface area contributed by atoms with E-state index in [2.05, 4.69) is 95.3 Å². The van der Waals surface area contributed by atoms with Gasteiger partial charge in [0.25, 0.3) is 0 Å². The average Bonchev–Trinajstić information content (AvgIpc) is 3.54. The number of fused-ring (bicyclic) bond motifs is 5. The molecule has 4 aliphatic rings. The van der Waals surface area contributed by atoms with Crippen LogP contribution < -0.4 is 0 Å². The van der Waals surface area contributed by atoms with E-state index in [4.69, 9.17) is 4.74 Å². The summed E-state index contributed by atoms with van der Waals surface area (Å²) in [5, 5.41) is 8.35. The van der Waals surface area contributed by atoms with Crippen LogP contribution in [0, 0.1) is 46.3 Å². The quantitative estimate of drug-likeness (QED) is 0.0495. The molecule has 0 aliphatic heterocycles. The maximum absolute atomic E-state index is 13.0. The monoisotopic (exact) mass is 741 g/mol. The van der Waals surface area contributed by atoms with Gasteiger partial charge in [0.1, 0.15) is 6.10 Å². The van der Waals surface area contributed by atoms with E-state index < -0.39 is 0 Å². The normalized spacial score (nSPS) is 29.7. The fourth-order valence-electron chi connectivity index (χ4n) is 13.5. The summed E-state index contributed by atoms with van der Waals surface area (Å²) in [5.41, 5.74) is 3.99. The molecule has 4 unspecified atom stereocenters. The number of hydrogen-bond donors (Lipinski definition) is 0. The van der Waals surface area contributed by atoms with Gasteiger partial charge in [-0.15, -0.1) is 0 Å². The molecule has 0 aromatic heterocycles. The standard InChI is InChI=1S/C53H72O2/c1-36(2)15-13-16-37(3)46-29-30-47-45-28-26-42-35-43(31-33-52(42,4)48(45)32-34-53(46,47)5)55-49(54)20-12-10-8-6-7-9-11-17-38-21-22-41-24-23-39-18-14-19-40-25-27-44(38)51(41)50(39)40/h14,18-19,21-27,36-37,43,45-48H,6-13,15-17,20,28-35H2,1-5H3/t37-,43?,45?,46-,47?,48?,52+,53-/m1/s1. The summed E-state index contributed by atoms with van der Waals surface area (Å²) >= 11 is 0. The minimum Gasteiger partial charge on any atom is -0.462 e. The lowest BCUT2D eigenvalue weighted by Crippen LogP contribution is -2.51. The summed E-state index contributed by atoms with van der Waals surface area (Å²) in [7, 11) is 0. The molecular formula is C53H72O2. The number of carbonyl (C=O) groups excluding carboxylic acids is 1. The molecule has 3 fully saturated rings. The Morgan fingerprint density at radius 1 is 0.727 bits per heavy atom. The van der Waals surface area contributed by atoms with Gasteiger partial charge in [-0.25, -0.2) is 0 Å². The first-order valence-corrected chi connectivity index (χ1v) is 23.2. The summed E-state index contributed by atoms with van der Waals surface area (Å²) in [6.45, 7) is 12.7. The van der Waals surface area contributed by atoms with Crippen LogP contribution in [0.1, 0.15) is 162 Å². The van der Waals surface area contributed by atoms with Crippen molar-refractivity contribution in [3.8, 4) is 0 Å². The summed E-state index contributed by atoms with van der Waals surface area (Å²) < 4.78 is 6.18. The van der Waals surface area contributed by atoms with Crippen LogP contribution in [-0.2, 0) is 16.0 Å². The van der Waals surface area contributed by atoms with Crippen LogP contribution in [0.3, 0.4) is 0 Å². The second kappa shape index (κ2) is 16.5. The molecule has 0 radical (unpaired) electrons. The highest BCUT2D eigenvalue weighted by molar-refractivity contribution is 6.23. The van der Waals surface area contributed by atoms with Gasteiger partial charge in [-0.1, -0.05) is 152 Å². The number of unbranched alkanes of at least 4 members (excludes halogenated alkanes) is 6. The van der Waals surface area contributed by atoms with E-state index in [1.165, 1.54) is 128 Å². The second-order valence-corrected chi connectivity index (χ2v) is 20.2. The smallest absolute Gasteiger partial charge is 0.306 e. The van der Waals surface area contributed by atoms with Crippen molar-refractivity contribution in [2.24, 2.45) is 46.3 Å². The molecule has 2 heteroatoms. The molecule has 3 saturated carbocycles. The highest BCUT2D eigenvalue weighted by atomic mass is 16.5. The van der Waals surface area contributed by atoms with Crippen molar-refractivity contribution in [3.63, 3.8) is 0 Å². The van der Waals surface area contributed by atoms with Crippen molar-refractivity contribution in [2.45, 2.75) is 169 Å². The highest BCUT2D eigenvalue weighted by Crippen LogP contribution is 2.67. The first kappa shape index (κ1) is 39.0. The van der Waals surface area contributed by atoms with Crippen LogP contribution >= 0.6 is 0 Å². The van der Waals surface area contributed by atoms with Crippen LogP contribution in [0.5, 0.6) is 0 Å². The van der Waals surface area contributed by atoms with E-state index in [0.29, 0.717) is 17.3 Å². The molecule has 0 heterocycles. The Balaban J connectivity index is 0.737. The topological polar surface area (TPSA) is 26.3 Å². The minimum atomic E-state index is 0.0455. The number of hydrogen-bond acceptors (Lipinski definition) is 2. The SMILES string of the molecule is CC(C)CCC[C@@H](C)[C@H]1CCC2C3CC=C4CC(OC(=O)CCCCCCCCCc5ccc6ccc7cccc8ccc5c6c78)CC[C@]4(C)C3CC[C@@]21C. The zero-order valence-electron chi connectivity index (χ0n) is 35.3. The number of benzene rings is 4. The maximum atomic E-state index is 13.0. The predicted molar refractivity (Wildman–Crippen MR) is 234 cm³/mol. The number of carbonyl (C=O) groups is 1. The van der Waals surface area contributed by atoms with Crippen molar-refractivity contribution in [1.82, 2.24) is 0 Å². The van der Waals surface area contributed by atoms with Crippen molar-refractivity contribution >= 4 is 38.3 Å². The van der Waals surface area contributed by atoms with E-state index >= 15 is 0 Å². The fourth-order valence-corrected chi connectivity index (χ4v) is 13.5. The Hall–Kier alpha value is -2.87. The van der Waals surface area contributed by atoms with Crippen molar-refractivity contribution in [3.05, 3.63) is 71.8 Å². The molecule has 0 amide bonds. The largest absolute Gasteiger partial charge is 0.462 e. The molecule has 2 nitrogen and oxygen atoms in total. The van der Waals surface area contributed by atoms with Crippen molar-refractivity contribution in [1.29, 1.82) is 0 Å². The molecule has 55 heavy (non-hydrogen) atoms. The lowest BCUT2D eigenvalue weighted by molar-refractivity contribution is -0.151. The van der Waals surface area contributed by atoms with Gasteiger partial charge < -0.3 is 4.74 Å². The predicted octanol–water partition coefficient (Wildman–Crippen LogP) is 15.2. The Labute approximate surface area is 334 Å². The first-order valence-electron chi connectivity index (χ1n) is 23.2.